The van der Waals surface area contributed by atoms with Gasteiger partial charge in [0.2, 0.25) is 0 Å². The Bertz CT molecular complexity index is 535. The van der Waals surface area contributed by atoms with E-state index in [1.54, 1.807) is 6.21 Å². The van der Waals surface area contributed by atoms with Crippen molar-refractivity contribution >= 4 is 12.3 Å². The van der Waals surface area contributed by atoms with E-state index >= 15 is 0 Å². The maximum atomic E-state index is 11.4. The van der Waals surface area contributed by atoms with Crippen LogP contribution in [0.2, 0.25) is 0 Å². The second kappa shape index (κ2) is 7.11. The SMILES string of the molecule is O=C(/N=C/Cc1ccccc1)OCc1ccccc1. The second-order valence-corrected chi connectivity index (χ2v) is 4.04. The standard InChI is InChI=1S/C16H15NO2/c18-16(19-13-15-9-5-2-6-10-15)17-12-11-14-7-3-1-4-8-14/h1-10,12H,11,13H2/b17-12+. The van der Waals surface area contributed by atoms with Gasteiger partial charge in [0.25, 0.3) is 0 Å². The lowest BCUT2D eigenvalue weighted by Gasteiger charge is -2.00. The molecule has 0 saturated heterocycles. The van der Waals surface area contributed by atoms with E-state index in [4.69, 9.17) is 4.74 Å². The highest BCUT2D eigenvalue weighted by molar-refractivity contribution is 5.80. The zero-order chi connectivity index (χ0) is 13.3. The fourth-order valence-corrected chi connectivity index (χ4v) is 1.60. The van der Waals surface area contributed by atoms with E-state index in [9.17, 15) is 4.79 Å². The molecule has 3 nitrogen and oxygen atoms in total. The van der Waals surface area contributed by atoms with Gasteiger partial charge in [-0.3, -0.25) is 0 Å². The van der Waals surface area contributed by atoms with Gasteiger partial charge in [-0.05, 0) is 11.1 Å². The zero-order valence-electron chi connectivity index (χ0n) is 10.5. The number of rotatable bonds is 4. The summed E-state index contributed by atoms with van der Waals surface area (Å²) < 4.78 is 5.03. The van der Waals surface area contributed by atoms with E-state index in [-0.39, 0.29) is 6.61 Å². The van der Waals surface area contributed by atoms with Crippen LogP contribution in [0.1, 0.15) is 11.1 Å². The number of hydrogen-bond donors (Lipinski definition) is 0. The van der Waals surface area contributed by atoms with Crippen LogP contribution in [0.3, 0.4) is 0 Å². The Morgan fingerprint density at radius 3 is 2.16 bits per heavy atom. The van der Waals surface area contributed by atoms with Gasteiger partial charge in [0.1, 0.15) is 6.61 Å². The van der Waals surface area contributed by atoms with Gasteiger partial charge in [-0.25, -0.2) is 4.79 Å². The Balaban J connectivity index is 1.75. The van der Waals surface area contributed by atoms with Crippen LogP contribution in [-0.4, -0.2) is 12.3 Å². The van der Waals surface area contributed by atoms with Crippen molar-refractivity contribution in [2.24, 2.45) is 4.99 Å². The summed E-state index contributed by atoms with van der Waals surface area (Å²) in [5.74, 6) is 0. The molecule has 0 aliphatic rings. The van der Waals surface area contributed by atoms with E-state index in [0.717, 1.165) is 11.1 Å². The van der Waals surface area contributed by atoms with Crippen molar-refractivity contribution in [2.45, 2.75) is 13.0 Å². The van der Waals surface area contributed by atoms with Gasteiger partial charge in [-0.2, -0.15) is 4.99 Å². The molecule has 0 bridgehead atoms. The van der Waals surface area contributed by atoms with Crippen LogP contribution in [0, 0.1) is 0 Å². The topological polar surface area (TPSA) is 38.7 Å². The number of ether oxygens (including phenoxy) is 1. The van der Waals surface area contributed by atoms with Gasteiger partial charge in [-0.15, -0.1) is 0 Å². The smallest absolute Gasteiger partial charge is 0.433 e. The lowest BCUT2D eigenvalue weighted by atomic mass is 10.2. The summed E-state index contributed by atoms with van der Waals surface area (Å²) in [4.78, 5) is 15.1. The third-order valence-electron chi connectivity index (χ3n) is 2.57. The summed E-state index contributed by atoms with van der Waals surface area (Å²) in [7, 11) is 0. The Morgan fingerprint density at radius 1 is 0.947 bits per heavy atom. The van der Waals surface area contributed by atoms with Crippen molar-refractivity contribution in [3.63, 3.8) is 0 Å². The fraction of sp³-hybridized carbons (Fsp3) is 0.125. The maximum absolute atomic E-state index is 11.4. The highest BCUT2D eigenvalue weighted by Crippen LogP contribution is 2.02. The lowest BCUT2D eigenvalue weighted by Crippen LogP contribution is -2.00. The molecule has 0 unspecified atom stereocenters. The molecule has 0 N–H and O–H groups in total. The molecule has 2 aromatic rings. The Morgan fingerprint density at radius 2 is 1.53 bits per heavy atom. The van der Waals surface area contributed by atoms with Crippen molar-refractivity contribution in [1.82, 2.24) is 0 Å². The highest BCUT2D eigenvalue weighted by Gasteiger charge is 1.99. The van der Waals surface area contributed by atoms with Gasteiger partial charge in [0.15, 0.2) is 0 Å². The second-order valence-electron chi connectivity index (χ2n) is 4.04. The number of hydrogen-bond acceptors (Lipinski definition) is 2. The number of amides is 1. The first-order valence-corrected chi connectivity index (χ1v) is 6.12. The maximum Gasteiger partial charge on any atom is 0.433 e. The average Bonchev–Trinajstić information content (AvgIpc) is 2.47. The molecule has 2 rings (SSSR count). The van der Waals surface area contributed by atoms with Crippen LogP contribution in [0.4, 0.5) is 4.79 Å². The number of aliphatic imine (C=N–C) groups is 1. The fourth-order valence-electron chi connectivity index (χ4n) is 1.60. The quantitative estimate of drug-likeness (QED) is 0.780. The molecule has 19 heavy (non-hydrogen) atoms. The minimum Gasteiger partial charge on any atom is -0.443 e. The number of carbonyl (C=O) groups is 1. The summed E-state index contributed by atoms with van der Waals surface area (Å²) in [6.07, 6.45) is 1.64. The van der Waals surface area contributed by atoms with Crippen LogP contribution >= 0.6 is 0 Å². The predicted octanol–water partition coefficient (Wildman–Crippen LogP) is 3.64. The van der Waals surface area contributed by atoms with Gasteiger partial charge in [0.05, 0.1) is 0 Å². The summed E-state index contributed by atoms with van der Waals surface area (Å²) in [6, 6.07) is 19.4. The molecule has 96 valence electrons. The first kappa shape index (κ1) is 13.0. The van der Waals surface area contributed by atoms with E-state index in [1.807, 2.05) is 60.7 Å². The Hall–Kier alpha value is -2.42. The largest absolute Gasteiger partial charge is 0.443 e. The van der Waals surface area contributed by atoms with Crippen molar-refractivity contribution in [2.75, 3.05) is 0 Å². The van der Waals surface area contributed by atoms with Gasteiger partial charge in [-0.1, -0.05) is 60.7 Å². The minimum atomic E-state index is -0.556. The van der Waals surface area contributed by atoms with Crippen LogP contribution < -0.4 is 0 Å². The van der Waals surface area contributed by atoms with Gasteiger partial charge >= 0.3 is 6.09 Å². The normalized spacial score (nSPS) is 10.5. The van der Waals surface area contributed by atoms with Crippen LogP contribution in [0.5, 0.6) is 0 Å². The molecule has 0 aromatic heterocycles. The molecule has 0 heterocycles. The zero-order valence-corrected chi connectivity index (χ0v) is 10.5. The van der Waals surface area contributed by atoms with Gasteiger partial charge in [0, 0.05) is 12.6 Å². The van der Waals surface area contributed by atoms with Crippen molar-refractivity contribution in [3.05, 3.63) is 71.8 Å². The third kappa shape index (κ3) is 4.76. The van der Waals surface area contributed by atoms with Crippen molar-refractivity contribution in [1.29, 1.82) is 0 Å². The molecule has 0 atom stereocenters. The molecule has 0 radical (unpaired) electrons. The predicted molar refractivity (Wildman–Crippen MR) is 75.3 cm³/mol. The van der Waals surface area contributed by atoms with Crippen molar-refractivity contribution in [3.8, 4) is 0 Å². The molecular formula is C16H15NO2. The number of nitrogens with zero attached hydrogens (tertiary/aromatic N) is 1. The van der Waals surface area contributed by atoms with E-state index in [1.165, 1.54) is 0 Å². The summed E-state index contributed by atoms with van der Waals surface area (Å²) in [5, 5.41) is 0. The monoisotopic (exact) mass is 253 g/mol. The van der Waals surface area contributed by atoms with Crippen LogP contribution in [0.15, 0.2) is 65.7 Å². The molecule has 1 amide bonds. The first-order chi connectivity index (χ1) is 9.34. The summed E-state index contributed by atoms with van der Waals surface area (Å²) >= 11 is 0. The Labute approximate surface area is 112 Å². The summed E-state index contributed by atoms with van der Waals surface area (Å²) in [6.45, 7) is 0.252. The number of carbonyl (C=O) groups excluding carboxylic acids is 1. The molecule has 2 aromatic carbocycles. The third-order valence-corrected chi connectivity index (χ3v) is 2.57. The molecular weight excluding hydrogens is 238 g/mol. The molecule has 3 heteroatoms. The van der Waals surface area contributed by atoms with E-state index in [0.29, 0.717) is 6.42 Å². The lowest BCUT2D eigenvalue weighted by molar-refractivity contribution is 0.151. The highest BCUT2D eigenvalue weighted by atomic mass is 16.5. The number of benzene rings is 2. The average molecular weight is 253 g/mol. The molecule has 0 aliphatic carbocycles. The van der Waals surface area contributed by atoms with Crippen LogP contribution in [0.25, 0.3) is 0 Å². The van der Waals surface area contributed by atoms with E-state index in [2.05, 4.69) is 4.99 Å². The van der Waals surface area contributed by atoms with E-state index < -0.39 is 6.09 Å². The molecule has 0 saturated carbocycles. The molecule has 0 spiro atoms. The van der Waals surface area contributed by atoms with Crippen molar-refractivity contribution < 1.29 is 9.53 Å². The minimum absolute atomic E-state index is 0.252. The van der Waals surface area contributed by atoms with Crippen LogP contribution in [-0.2, 0) is 17.8 Å². The molecule has 0 fully saturated rings. The molecule has 0 aliphatic heterocycles. The first-order valence-electron chi connectivity index (χ1n) is 6.12. The van der Waals surface area contributed by atoms with Gasteiger partial charge < -0.3 is 4.74 Å². The Kier molecular flexibility index (Phi) is 4.87. The summed E-state index contributed by atoms with van der Waals surface area (Å²) in [5.41, 5.74) is 2.07.